The molecule has 15 heavy (non-hydrogen) atoms. The van der Waals surface area contributed by atoms with Gasteiger partial charge in [0, 0.05) is 24.1 Å². The van der Waals surface area contributed by atoms with Crippen LogP contribution < -0.4 is 0 Å². The molecule has 0 amide bonds. The lowest BCUT2D eigenvalue weighted by molar-refractivity contribution is -0.137. The van der Waals surface area contributed by atoms with Gasteiger partial charge in [0.25, 0.3) is 0 Å². The third-order valence-corrected chi connectivity index (χ3v) is 2.01. The van der Waals surface area contributed by atoms with E-state index in [4.69, 9.17) is 10.2 Å². The van der Waals surface area contributed by atoms with Gasteiger partial charge in [-0.1, -0.05) is 0 Å². The van der Waals surface area contributed by atoms with Gasteiger partial charge in [-0.2, -0.15) is 0 Å². The lowest BCUT2D eigenvalue weighted by Gasteiger charge is -2.06. The zero-order chi connectivity index (χ0) is 11.4. The summed E-state index contributed by atoms with van der Waals surface area (Å²) < 4.78 is 0. The Morgan fingerprint density at radius 2 is 1.67 bits per heavy atom. The largest absolute Gasteiger partial charge is 0.508 e. The van der Waals surface area contributed by atoms with E-state index < -0.39 is 5.97 Å². The highest BCUT2D eigenvalue weighted by Crippen LogP contribution is 2.32. The van der Waals surface area contributed by atoms with Crippen LogP contribution >= 0.6 is 0 Å². The fourth-order valence-electron chi connectivity index (χ4n) is 1.30. The number of carbonyl (C=O) groups is 1. The topological polar surface area (TPSA) is 98.0 Å². The molecule has 5 heteroatoms. The number of carboxylic acid groups (broad SMARTS) is 1. The van der Waals surface area contributed by atoms with Crippen LogP contribution in [0.15, 0.2) is 12.1 Å². The maximum atomic E-state index is 10.2. The molecule has 0 bridgehead atoms. The standard InChI is InChI=1S/C10H12O5/c11-6-4-8(12)7(9(13)5-6)2-1-3-10(14)15/h4-5,11-13H,1-3H2,(H,14,15). The predicted octanol–water partition coefficient (Wildman–Crippen LogP) is 1.21. The molecule has 0 saturated carbocycles. The summed E-state index contributed by atoms with van der Waals surface area (Å²) in [7, 11) is 0. The van der Waals surface area contributed by atoms with E-state index >= 15 is 0 Å². The zero-order valence-electron chi connectivity index (χ0n) is 7.97. The highest BCUT2D eigenvalue weighted by Gasteiger charge is 2.09. The van der Waals surface area contributed by atoms with Crippen LogP contribution in [0.2, 0.25) is 0 Å². The van der Waals surface area contributed by atoms with Crippen LogP contribution in [0.4, 0.5) is 0 Å². The molecule has 0 aliphatic carbocycles. The summed E-state index contributed by atoms with van der Waals surface area (Å²) in [4.78, 5) is 10.2. The first-order valence-electron chi connectivity index (χ1n) is 4.46. The first-order valence-corrected chi connectivity index (χ1v) is 4.46. The molecule has 0 saturated heterocycles. The molecule has 5 nitrogen and oxygen atoms in total. The van der Waals surface area contributed by atoms with Crippen LogP contribution in [-0.4, -0.2) is 26.4 Å². The number of carboxylic acids is 1. The SMILES string of the molecule is O=C(O)CCCc1c(O)cc(O)cc1O. The Labute approximate surface area is 86.2 Å². The van der Waals surface area contributed by atoms with Crippen LogP contribution in [-0.2, 0) is 11.2 Å². The second-order valence-electron chi connectivity index (χ2n) is 3.21. The van der Waals surface area contributed by atoms with Crippen molar-refractivity contribution >= 4 is 5.97 Å². The van der Waals surface area contributed by atoms with Gasteiger partial charge in [0.05, 0.1) is 0 Å². The molecule has 0 aliphatic rings. The first kappa shape index (κ1) is 11.2. The maximum absolute atomic E-state index is 10.2. The van der Waals surface area contributed by atoms with Crippen LogP contribution in [0.5, 0.6) is 17.2 Å². The zero-order valence-corrected chi connectivity index (χ0v) is 7.97. The average molecular weight is 212 g/mol. The second-order valence-corrected chi connectivity index (χ2v) is 3.21. The smallest absolute Gasteiger partial charge is 0.303 e. The van der Waals surface area contributed by atoms with E-state index in [1.165, 1.54) is 0 Å². The first-order chi connectivity index (χ1) is 7.00. The van der Waals surface area contributed by atoms with Crippen molar-refractivity contribution in [3.63, 3.8) is 0 Å². The highest BCUT2D eigenvalue weighted by atomic mass is 16.4. The molecule has 0 aliphatic heterocycles. The fourth-order valence-corrected chi connectivity index (χ4v) is 1.30. The summed E-state index contributed by atoms with van der Waals surface area (Å²) in [6.07, 6.45) is 0.547. The summed E-state index contributed by atoms with van der Waals surface area (Å²) in [5, 5.41) is 36.2. The van der Waals surface area contributed by atoms with Gasteiger partial charge in [-0.05, 0) is 12.8 Å². The lowest BCUT2D eigenvalue weighted by Crippen LogP contribution is -1.96. The van der Waals surface area contributed by atoms with Crippen LogP contribution in [0, 0.1) is 0 Å². The quantitative estimate of drug-likeness (QED) is 0.601. The Hall–Kier alpha value is -1.91. The van der Waals surface area contributed by atoms with Gasteiger partial charge in [-0.3, -0.25) is 4.79 Å². The summed E-state index contributed by atoms with van der Waals surface area (Å²) >= 11 is 0. The van der Waals surface area contributed by atoms with E-state index in [0.717, 1.165) is 12.1 Å². The second kappa shape index (κ2) is 4.54. The third-order valence-electron chi connectivity index (χ3n) is 2.01. The van der Waals surface area contributed by atoms with Crippen molar-refractivity contribution in [2.24, 2.45) is 0 Å². The van der Waals surface area contributed by atoms with Crippen molar-refractivity contribution in [3.8, 4) is 17.2 Å². The molecule has 0 unspecified atom stereocenters. The molecule has 1 aromatic carbocycles. The van der Waals surface area contributed by atoms with Gasteiger partial charge in [-0.15, -0.1) is 0 Å². The molecule has 4 N–H and O–H groups in total. The summed E-state index contributed by atoms with van der Waals surface area (Å²) in [6, 6.07) is 2.21. The van der Waals surface area contributed by atoms with Gasteiger partial charge >= 0.3 is 5.97 Å². The molecule has 1 rings (SSSR count). The van der Waals surface area contributed by atoms with Crippen molar-refractivity contribution in [2.45, 2.75) is 19.3 Å². The molecular weight excluding hydrogens is 200 g/mol. The molecule has 1 aromatic rings. The molecule has 0 spiro atoms. The van der Waals surface area contributed by atoms with E-state index in [2.05, 4.69) is 0 Å². The van der Waals surface area contributed by atoms with Crippen LogP contribution in [0.1, 0.15) is 18.4 Å². The van der Waals surface area contributed by atoms with Crippen LogP contribution in [0.3, 0.4) is 0 Å². The monoisotopic (exact) mass is 212 g/mol. The average Bonchev–Trinajstić information content (AvgIpc) is 2.08. The Morgan fingerprint density at radius 1 is 1.13 bits per heavy atom. The van der Waals surface area contributed by atoms with E-state index in [1.807, 2.05) is 0 Å². The number of hydrogen-bond acceptors (Lipinski definition) is 4. The summed E-state index contributed by atoms with van der Waals surface area (Å²) in [5.74, 6) is -1.60. The fraction of sp³-hybridized carbons (Fsp3) is 0.300. The Morgan fingerprint density at radius 3 is 2.13 bits per heavy atom. The third kappa shape index (κ3) is 3.05. The molecule has 0 fully saturated rings. The number of hydrogen-bond donors (Lipinski definition) is 4. The minimum Gasteiger partial charge on any atom is -0.508 e. The molecule has 0 radical (unpaired) electrons. The van der Waals surface area contributed by atoms with Crippen molar-refractivity contribution in [1.29, 1.82) is 0 Å². The normalized spacial score (nSPS) is 10.1. The summed E-state index contributed by atoms with van der Waals surface area (Å²) in [5.41, 5.74) is 0.258. The number of phenols is 3. The number of benzene rings is 1. The van der Waals surface area contributed by atoms with Gasteiger partial charge in [0.1, 0.15) is 17.2 Å². The maximum Gasteiger partial charge on any atom is 0.303 e. The minimum atomic E-state index is -0.923. The summed E-state index contributed by atoms with van der Waals surface area (Å²) in [6.45, 7) is 0. The molecule has 0 heterocycles. The number of phenolic OH excluding ortho intramolecular Hbond substituents is 3. The van der Waals surface area contributed by atoms with Crippen molar-refractivity contribution in [2.75, 3.05) is 0 Å². The highest BCUT2D eigenvalue weighted by molar-refractivity contribution is 5.66. The number of rotatable bonds is 4. The minimum absolute atomic E-state index is 0.0280. The van der Waals surface area contributed by atoms with E-state index in [-0.39, 0.29) is 35.7 Å². The molecule has 0 aromatic heterocycles. The van der Waals surface area contributed by atoms with Crippen molar-refractivity contribution in [1.82, 2.24) is 0 Å². The molecule has 82 valence electrons. The lowest BCUT2D eigenvalue weighted by atomic mass is 10.1. The number of aliphatic carboxylic acids is 1. The van der Waals surface area contributed by atoms with Crippen molar-refractivity contribution in [3.05, 3.63) is 17.7 Å². The predicted molar refractivity (Wildman–Crippen MR) is 52.0 cm³/mol. The van der Waals surface area contributed by atoms with E-state index in [9.17, 15) is 15.0 Å². The van der Waals surface area contributed by atoms with E-state index in [1.54, 1.807) is 0 Å². The van der Waals surface area contributed by atoms with Gasteiger partial charge in [0.15, 0.2) is 0 Å². The van der Waals surface area contributed by atoms with E-state index in [0.29, 0.717) is 6.42 Å². The Balaban J connectivity index is 2.72. The Bertz CT molecular complexity index is 349. The van der Waals surface area contributed by atoms with Crippen molar-refractivity contribution < 1.29 is 25.2 Å². The number of aromatic hydroxyl groups is 3. The van der Waals surface area contributed by atoms with Gasteiger partial charge in [-0.25, -0.2) is 0 Å². The molecule has 0 atom stereocenters. The Kier molecular flexibility index (Phi) is 3.38. The molecular formula is C10H12O5. The van der Waals surface area contributed by atoms with Crippen LogP contribution in [0.25, 0.3) is 0 Å². The van der Waals surface area contributed by atoms with Gasteiger partial charge < -0.3 is 20.4 Å². The van der Waals surface area contributed by atoms with Gasteiger partial charge in [0.2, 0.25) is 0 Å².